The molecule has 0 aromatic heterocycles. The van der Waals surface area contributed by atoms with Crippen molar-refractivity contribution in [2.45, 2.75) is 42.7 Å². The first-order chi connectivity index (χ1) is 7.29. The third kappa shape index (κ3) is 4.39. The van der Waals surface area contributed by atoms with E-state index in [1.54, 1.807) is 0 Å². The highest BCUT2D eigenvalue weighted by atomic mass is 32.2. The zero-order valence-electron chi connectivity index (χ0n) is 9.45. The third-order valence-corrected chi connectivity index (χ3v) is 6.02. The number of hydrogen-bond donors (Lipinski definition) is 2. The van der Waals surface area contributed by atoms with Gasteiger partial charge in [0.2, 0.25) is 0 Å². The van der Waals surface area contributed by atoms with Crippen LogP contribution in [0.15, 0.2) is 12.7 Å². The van der Waals surface area contributed by atoms with Crippen LogP contribution >= 0.6 is 23.5 Å². The topological polar surface area (TPSA) is 38.0 Å². The molecule has 0 saturated carbocycles. The second kappa shape index (κ2) is 7.60. The highest BCUT2D eigenvalue weighted by Crippen LogP contribution is 2.34. The Morgan fingerprint density at radius 3 is 2.87 bits per heavy atom. The fraction of sp³-hybridized carbons (Fsp3) is 0.818. The molecule has 0 aromatic carbocycles. The van der Waals surface area contributed by atoms with Crippen molar-refractivity contribution in [2.24, 2.45) is 5.84 Å². The van der Waals surface area contributed by atoms with Crippen molar-refractivity contribution in [3.63, 3.8) is 0 Å². The molecule has 2 nitrogen and oxygen atoms in total. The van der Waals surface area contributed by atoms with Crippen LogP contribution in [0.4, 0.5) is 0 Å². The summed E-state index contributed by atoms with van der Waals surface area (Å²) in [6, 6.07) is 0.456. The lowest BCUT2D eigenvalue weighted by molar-refractivity contribution is 0.462. The van der Waals surface area contributed by atoms with E-state index in [9.17, 15) is 0 Å². The summed E-state index contributed by atoms with van der Waals surface area (Å²) in [6.07, 6.45) is 5.43. The van der Waals surface area contributed by atoms with E-state index in [1.807, 2.05) is 6.08 Å². The molecule has 0 aromatic rings. The maximum atomic E-state index is 5.65. The Morgan fingerprint density at radius 2 is 2.27 bits per heavy atom. The molecule has 1 heterocycles. The van der Waals surface area contributed by atoms with E-state index in [1.165, 1.54) is 17.9 Å². The Bertz CT molecular complexity index is 187. The average Bonchev–Trinajstić information content (AvgIpc) is 2.26. The van der Waals surface area contributed by atoms with E-state index in [4.69, 9.17) is 5.84 Å². The molecule has 0 radical (unpaired) electrons. The molecular weight excluding hydrogens is 224 g/mol. The van der Waals surface area contributed by atoms with Gasteiger partial charge in [-0.05, 0) is 19.3 Å². The van der Waals surface area contributed by atoms with Gasteiger partial charge in [0, 0.05) is 28.0 Å². The van der Waals surface area contributed by atoms with Gasteiger partial charge in [-0.2, -0.15) is 23.5 Å². The minimum atomic E-state index is 0.456. The summed E-state index contributed by atoms with van der Waals surface area (Å²) in [5.74, 6) is 8.20. The number of nitrogens with two attached hydrogens (primary N) is 1. The predicted octanol–water partition coefficient (Wildman–Crippen LogP) is 2.41. The Balaban J connectivity index is 2.37. The monoisotopic (exact) mass is 246 g/mol. The van der Waals surface area contributed by atoms with Crippen molar-refractivity contribution in [2.75, 3.05) is 11.5 Å². The average molecular weight is 246 g/mol. The fourth-order valence-electron chi connectivity index (χ4n) is 1.92. The lowest BCUT2D eigenvalue weighted by atomic mass is 10.0. The summed E-state index contributed by atoms with van der Waals surface area (Å²) >= 11 is 4.15. The van der Waals surface area contributed by atoms with Gasteiger partial charge in [0.1, 0.15) is 0 Å². The van der Waals surface area contributed by atoms with Crippen LogP contribution in [0.25, 0.3) is 0 Å². The van der Waals surface area contributed by atoms with Crippen LogP contribution in [-0.2, 0) is 0 Å². The van der Waals surface area contributed by atoms with Gasteiger partial charge < -0.3 is 0 Å². The van der Waals surface area contributed by atoms with Gasteiger partial charge >= 0.3 is 0 Å². The minimum Gasteiger partial charge on any atom is -0.271 e. The molecule has 1 aliphatic rings. The molecular formula is C11H22N2S2. The highest BCUT2D eigenvalue weighted by molar-refractivity contribution is 8.07. The van der Waals surface area contributed by atoms with Crippen molar-refractivity contribution in [3.8, 4) is 0 Å². The van der Waals surface area contributed by atoms with Gasteiger partial charge in [-0.1, -0.05) is 13.0 Å². The number of rotatable bonds is 6. The van der Waals surface area contributed by atoms with Gasteiger partial charge in [0.15, 0.2) is 0 Å². The molecule has 0 amide bonds. The summed E-state index contributed by atoms with van der Waals surface area (Å²) in [5.41, 5.74) is 2.99. The van der Waals surface area contributed by atoms with Crippen LogP contribution in [0.5, 0.6) is 0 Å². The normalized spacial score (nSPS) is 28.7. The van der Waals surface area contributed by atoms with E-state index in [0.29, 0.717) is 16.5 Å². The second-order valence-electron chi connectivity index (χ2n) is 3.90. The second-order valence-corrected chi connectivity index (χ2v) is 6.68. The van der Waals surface area contributed by atoms with E-state index in [0.717, 1.165) is 12.8 Å². The van der Waals surface area contributed by atoms with Crippen LogP contribution in [0, 0.1) is 0 Å². The molecule has 15 heavy (non-hydrogen) atoms. The first-order valence-electron chi connectivity index (χ1n) is 5.59. The first-order valence-corrected chi connectivity index (χ1v) is 7.69. The lowest BCUT2D eigenvalue weighted by Gasteiger charge is -2.34. The molecule has 0 bridgehead atoms. The summed E-state index contributed by atoms with van der Waals surface area (Å²) in [7, 11) is 0. The maximum Gasteiger partial charge on any atom is 0.0340 e. The predicted molar refractivity (Wildman–Crippen MR) is 73.3 cm³/mol. The summed E-state index contributed by atoms with van der Waals surface area (Å²) < 4.78 is 0. The van der Waals surface area contributed by atoms with Crippen LogP contribution in [0.1, 0.15) is 26.2 Å². The number of thioether (sulfide) groups is 2. The Kier molecular flexibility index (Phi) is 6.81. The Hall–Kier alpha value is 0.360. The van der Waals surface area contributed by atoms with Gasteiger partial charge in [-0.15, -0.1) is 6.58 Å². The summed E-state index contributed by atoms with van der Waals surface area (Å²) in [6.45, 7) is 6.07. The summed E-state index contributed by atoms with van der Waals surface area (Å²) in [5, 5.41) is 1.38. The fourth-order valence-corrected chi connectivity index (χ4v) is 4.90. The van der Waals surface area contributed by atoms with Crippen molar-refractivity contribution < 1.29 is 0 Å². The van der Waals surface area contributed by atoms with E-state index in [-0.39, 0.29) is 0 Å². The van der Waals surface area contributed by atoms with Crippen LogP contribution in [0.3, 0.4) is 0 Å². The number of unbranched alkanes of at least 4 members (excludes halogenated alkanes) is 1. The number of nitrogens with one attached hydrogen (secondary N) is 1. The third-order valence-electron chi connectivity index (χ3n) is 2.77. The molecule has 1 fully saturated rings. The van der Waals surface area contributed by atoms with E-state index >= 15 is 0 Å². The van der Waals surface area contributed by atoms with Gasteiger partial charge in [-0.3, -0.25) is 11.3 Å². The highest BCUT2D eigenvalue weighted by Gasteiger charge is 2.29. The SMILES string of the molecule is C=CCCCC(NN)C1SCCSC1C. The van der Waals surface area contributed by atoms with Crippen molar-refractivity contribution in [1.82, 2.24) is 5.43 Å². The zero-order valence-corrected chi connectivity index (χ0v) is 11.1. The van der Waals surface area contributed by atoms with E-state index in [2.05, 4.69) is 42.5 Å². The molecule has 88 valence electrons. The number of hydrogen-bond acceptors (Lipinski definition) is 4. The molecule has 3 unspecified atom stereocenters. The molecule has 1 rings (SSSR count). The molecule has 0 spiro atoms. The van der Waals surface area contributed by atoms with E-state index < -0.39 is 0 Å². The van der Waals surface area contributed by atoms with Crippen molar-refractivity contribution in [3.05, 3.63) is 12.7 Å². The molecule has 4 heteroatoms. The van der Waals surface area contributed by atoms with Crippen molar-refractivity contribution in [1.29, 1.82) is 0 Å². The molecule has 3 atom stereocenters. The Labute approximate surface area is 102 Å². The van der Waals surface area contributed by atoms with Crippen LogP contribution in [0.2, 0.25) is 0 Å². The minimum absolute atomic E-state index is 0.456. The van der Waals surface area contributed by atoms with Gasteiger partial charge in [-0.25, -0.2) is 0 Å². The lowest BCUT2D eigenvalue weighted by Crippen LogP contribution is -2.47. The first kappa shape index (κ1) is 13.4. The summed E-state index contributed by atoms with van der Waals surface area (Å²) in [4.78, 5) is 0. The molecule has 3 N–H and O–H groups in total. The molecule has 0 aliphatic carbocycles. The molecule has 1 saturated heterocycles. The number of allylic oxidation sites excluding steroid dienone is 1. The zero-order chi connectivity index (χ0) is 11.1. The molecule has 1 aliphatic heterocycles. The standard InChI is InChI=1S/C11H22N2S2/c1-3-4-5-6-10(13-12)11-9(2)14-7-8-15-11/h3,9-11,13H,1,4-8,12H2,2H3. The maximum absolute atomic E-state index is 5.65. The van der Waals surface area contributed by atoms with Gasteiger partial charge in [0.05, 0.1) is 0 Å². The quantitative estimate of drug-likeness (QED) is 0.327. The number of hydrazine groups is 1. The van der Waals surface area contributed by atoms with Crippen molar-refractivity contribution >= 4 is 23.5 Å². The van der Waals surface area contributed by atoms with Crippen LogP contribution in [-0.4, -0.2) is 28.0 Å². The van der Waals surface area contributed by atoms with Gasteiger partial charge in [0.25, 0.3) is 0 Å². The largest absolute Gasteiger partial charge is 0.271 e. The Morgan fingerprint density at radius 1 is 1.53 bits per heavy atom. The van der Waals surface area contributed by atoms with Crippen LogP contribution < -0.4 is 11.3 Å². The smallest absolute Gasteiger partial charge is 0.0340 e.